The summed E-state index contributed by atoms with van der Waals surface area (Å²) in [5.74, 6) is -0.678. The Balaban J connectivity index is 2.91. The number of nitrogens with zero attached hydrogens (tertiary/aromatic N) is 1. The van der Waals surface area contributed by atoms with Crippen LogP contribution in [-0.2, 0) is 10.0 Å². The quantitative estimate of drug-likeness (QED) is 0.805. The summed E-state index contributed by atoms with van der Waals surface area (Å²) >= 11 is 0. The summed E-state index contributed by atoms with van der Waals surface area (Å²) in [7, 11) is -3.82. The lowest BCUT2D eigenvalue weighted by Crippen LogP contribution is -2.25. The largest absolute Gasteiger partial charge is 0.241 e. The van der Waals surface area contributed by atoms with Gasteiger partial charge in [-0.25, -0.2) is 17.5 Å². The van der Waals surface area contributed by atoms with Gasteiger partial charge in [0.15, 0.2) is 0 Å². The van der Waals surface area contributed by atoms with Crippen LogP contribution in [0.25, 0.3) is 0 Å². The first kappa shape index (κ1) is 14.6. The first-order valence-electron chi connectivity index (χ1n) is 5.70. The SMILES string of the molecule is CCCCCNS(=O)(=O)c1cc(F)ccc1C#N. The summed E-state index contributed by atoms with van der Waals surface area (Å²) in [5, 5.41) is 8.82. The van der Waals surface area contributed by atoms with E-state index in [1.807, 2.05) is 6.92 Å². The van der Waals surface area contributed by atoms with Crippen LogP contribution in [0.1, 0.15) is 31.7 Å². The number of rotatable bonds is 6. The highest BCUT2D eigenvalue weighted by atomic mass is 32.2. The van der Waals surface area contributed by atoms with Crippen LogP contribution in [0.3, 0.4) is 0 Å². The smallest absolute Gasteiger partial charge is 0.211 e. The number of nitrogens with one attached hydrogen (secondary N) is 1. The molecule has 1 aromatic rings. The maximum atomic E-state index is 13.1. The zero-order valence-corrected chi connectivity index (χ0v) is 10.9. The minimum atomic E-state index is -3.82. The van der Waals surface area contributed by atoms with Gasteiger partial charge in [0.1, 0.15) is 16.8 Å². The lowest BCUT2D eigenvalue weighted by molar-refractivity contribution is 0.572. The van der Waals surface area contributed by atoms with E-state index in [1.54, 1.807) is 6.07 Å². The van der Waals surface area contributed by atoms with E-state index in [0.29, 0.717) is 6.42 Å². The van der Waals surface area contributed by atoms with Crippen LogP contribution >= 0.6 is 0 Å². The molecule has 0 radical (unpaired) electrons. The zero-order chi connectivity index (χ0) is 13.6. The van der Waals surface area contributed by atoms with Gasteiger partial charge in [0.2, 0.25) is 10.0 Å². The molecule has 0 aliphatic heterocycles. The molecule has 0 saturated carbocycles. The number of sulfonamides is 1. The molecular weight excluding hydrogens is 255 g/mol. The number of nitriles is 1. The Hall–Kier alpha value is -1.45. The monoisotopic (exact) mass is 270 g/mol. The van der Waals surface area contributed by atoms with Gasteiger partial charge in [0.25, 0.3) is 0 Å². The van der Waals surface area contributed by atoms with Crippen molar-refractivity contribution < 1.29 is 12.8 Å². The van der Waals surface area contributed by atoms with E-state index in [1.165, 1.54) is 0 Å². The van der Waals surface area contributed by atoms with Crippen LogP contribution < -0.4 is 4.72 Å². The summed E-state index contributed by atoms with van der Waals surface area (Å²) in [6.45, 7) is 2.30. The minimum absolute atomic E-state index is 0.0561. The molecule has 0 aliphatic carbocycles. The molecular formula is C12H15FN2O2S. The van der Waals surface area contributed by atoms with Crippen molar-refractivity contribution in [2.45, 2.75) is 31.1 Å². The molecule has 0 spiro atoms. The molecule has 0 aliphatic rings. The third-order valence-corrected chi connectivity index (χ3v) is 3.93. The predicted octanol–water partition coefficient (Wildman–Crippen LogP) is 2.17. The highest BCUT2D eigenvalue weighted by Gasteiger charge is 2.18. The summed E-state index contributed by atoms with van der Waals surface area (Å²) < 4.78 is 39.2. The molecule has 0 unspecified atom stereocenters. The predicted molar refractivity (Wildman–Crippen MR) is 65.8 cm³/mol. The van der Waals surface area contributed by atoms with Crippen LogP contribution in [0.2, 0.25) is 0 Å². The highest BCUT2D eigenvalue weighted by Crippen LogP contribution is 2.16. The molecule has 0 heterocycles. The van der Waals surface area contributed by atoms with Crippen molar-refractivity contribution in [3.63, 3.8) is 0 Å². The normalized spacial score (nSPS) is 11.2. The van der Waals surface area contributed by atoms with Gasteiger partial charge < -0.3 is 0 Å². The summed E-state index contributed by atoms with van der Waals surface area (Å²) in [4.78, 5) is -0.304. The van der Waals surface area contributed by atoms with Gasteiger partial charge in [-0.1, -0.05) is 19.8 Å². The Bertz CT molecular complexity index is 550. The van der Waals surface area contributed by atoms with E-state index < -0.39 is 15.8 Å². The average molecular weight is 270 g/mol. The molecule has 0 amide bonds. The zero-order valence-electron chi connectivity index (χ0n) is 10.1. The molecule has 0 fully saturated rings. The second kappa shape index (κ2) is 6.47. The molecule has 18 heavy (non-hydrogen) atoms. The molecule has 0 aromatic heterocycles. The molecule has 0 saturated heterocycles. The molecule has 0 bridgehead atoms. The number of unbranched alkanes of at least 4 members (excludes halogenated alkanes) is 2. The third-order valence-electron chi connectivity index (χ3n) is 2.43. The fourth-order valence-electron chi connectivity index (χ4n) is 1.47. The van der Waals surface area contributed by atoms with Crippen molar-refractivity contribution >= 4 is 10.0 Å². The van der Waals surface area contributed by atoms with Gasteiger partial charge in [0, 0.05) is 6.54 Å². The summed E-state index contributed by atoms with van der Waals surface area (Å²) in [5.41, 5.74) is -0.0561. The second-order valence-electron chi connectivity index (χ2n) is 3.86. The molecule has 98 valence electrons. The lowest BCUT2D eigenvalue weighted by atomic mass is 10.2. The Kier molecular flexibility index (Phi) is 5.25. The fraction of sp³-hybridized carbons (Fsp3) is 0.417. The van der Waals surface area contributed by atoms with E-state index in [9.17, 15) is 12.8 Å². The van der Waals surface area contributed by atoms with E-state index >= 15 is 0 Å². The maximum absolute atomic E-state index is 13.1. The molecule has 1 aromatic carbocycles. The number of benzene rings is 1. The topological polar surface area (TPSA) is 70.0 Å². The molecule has 1 rings (SSSR count). The average Bonchev–Trinajstić information content (AvgIpc) is 2.35. The number of halogens is 1. The van der Waals surface area contributed by atoms with Crippen molar-refractivity contribution in [1.82, 2.24) is 4.72 Å². The van der Waals surface area contributed by atoms with E-state index in [2.05, 4.69) is 4.72 Å². The fourth-order valence-corrected chi connectivity index (χ4v) is 2.71. The van der Waals surface area contributed by atoms with Gasteiger partial charge in [-0.2, -0.15) is 5.26 Å². The molecule has 4 nitrogen and oxygen atoms in total. The number of hydrogen-bond donors (Lipinski definition) is 1. The highest BCUT2D eigenvalue weighted by molar-refractivity contribution is 7.89. The van der Waals surface area contributed by atoms with Crippen LogP contribution in [0.5, 0.6) is 0 Å². The van der Waals surface area contributed by atoms with Gasteiger partial charge in [-0.3, -0.25) is 0 Å². The Morgan fingerprint density at radius 2 is 2.11 bits per heavy atom. The van der Waals surface area contributed by atoms with Crippen LogP contribution in [-0.4, -0.2) is 15.0 Å². The second-order valence-corrected chi connectivity index (χ2v) is 5.59. The van der Waals surface area contributed by atoms with Crippen molar-refractivity contribution in [2.24, 2.45) is 0 Å². The lowest BCUT2D eigenvalue weighted by Gasteiger charge is -2.07. The Labute approximate surface area is 106 Å². The van der Waals surface area contributed by atoms with Gasteiger partial charge in [-0.15, -0.1) is 0 Å². The first-order valence-corrected chi connectivity index (χ1v) is 7.19. The molecule has 0 atom stereocenters. The van der Waals surface area contributed by atoms with Gasteiger partial charge in [-0.05, 0) is 24.6 Å². The Morgan fingerprint density at radius 3 is 2.72 bits per heavy atom. The summed E-state index contributed by atoms with van der Waals surface area (Å²) in [6.07, 6.45) is 2.61. The van der Waals surface area contributed by atoms with E-state index in [-0.39, 0.29) is 17.0 Å². The van der Waals surface area contributed by atoms with Gasteiger partial charge >= 0.3 is 0 Å². The Morgan fingerprint density at radius 1 is 1.39 bits per heavy atom. The van der Waals surface area contributed by atoms with Gasteiger partial charge in [0.05, 0.1) is 5.56 Å². The summed E-state index contributed by atoms with van der Waals surface area (Å²) in [6, 6.07) is 4.83. The minimum Gasteiger partial charge on any atom is -0.211 e. The standard InChI is InChI=1S/C12H15FN2O2S/c1-2-3-4-7-15-18(16,17)12-8-11(13)6-5-10(12)9-14/h5-6,8,15H,2-4,7H2,1H3. The third kappa shape index (κ3) is 3.79. The van der Waals surface area contributed by atoms with Crippen molar-refractivity contribution in [2.75, 3.05) is 6.54 Å². The van der Waals surface area contributed by atoms with Crippen molar-refractivity contribution in [3.8, 4) is 6.07 Å². The van der Waals surface area contributed by atoms with Crippen LogP contribution in [0, 0.1) is 17.1 Å². The molecule has 6 heteroatoms. The van der Waals surface area contributed by atoms with E-state index in [4.69, 9.17) is 5.26 Å². The maximum Gasteiger partial charge on any atom is 0.241 e. The van der Waals surface area contributed by atoms with Crippen molar-refractivity contribution in [1.29, 1.82) is 5.26 Å². The van der Waals surface area contributed by atoms with Crippen LogP contribution in [0.15, 0.2) is 23.1 Å². The van der Waals surface area contributed by atoms with E-state index in [0.717, 1.165) is 31.0 Å². The molecule has 1 N–H and O–H groups in total. The first-order chi connectivity index (χ1) is 8.51. The van der Waals surface area contributed by atoms with Crippen molar-refractivity contribution in [3.05, 3.63) is 29.6 Å². The number of hydrogen-bond acceptors (Lipinski definition) is 3. The van der Waals surface area contributed by atoms with Crippen LogP contribution in [0.4, 0.5) is 4.39 Å².